The third-order valence-electron chi connectivity index (χ3n) is 3.97. The average molecular weight is 356 g/mol. The number of para-hydroxylation sites is 2. The van der Waals surface area contributed by atoms with Gasteiger partial charge in [-0.15, -0.1) is 0 Å². The highest BCUT2D eigenvalue weighted by molar-refractivity contribution is 5.99. The second-order valence-electron chi connectivity index (χ2n) is 6.24. The highest BCUT2D eigenvalue weighted by Gasteiger charge is 2.14. The summed E-state index contributed by atoms with van der Waals surface area (Å²) in [4.78, 5) is 24.9. The molecule has 0 heterocycles. The Kier molecular flexibility index (Phi) is 6.60. The number of carboxylic acid groups (broad SMARTS) is 1. The van der Waals surface area contributed by atoms with Crippen LogP contribution >= 0.6 is 0 Å². The van der Waals surface area contributed by atoms with Gasteiger partial charge in [-0.1, -0.05) is 44.2 Å². The van der Waals surface area contributed by atoms with Crippen molar-refractivity contribution in [3.63, 3.8) is 0 Å². The maximum atomic E-state index is 12.3. The number of anilines is 1. The smallest absolute Gasteiger partial charge is 0.337 e. The van der Waals surface area contributed by atoms with Gasteiger partial charge in [-0.05, 0) is 29.7 Å². The van der Waals surface area contributed by atoms with Gasteiger partial charge >= 0.3 is 12.0 Å². The molecule has 0 fully saturated rings. The molecule has 0 aromatic heterocycles. The van der Waals surface area contributed by atoms with Crippen molar-refractivity contribution < 1.29 is 19.4 Å². The standard InChI is InChI=1S/C20H24N2O4/c1-14(2)15-8-5-7-11-18(15)26-13-12-22(3)20(25)21-17-10-6-4-9-16(17)19(23)24/h4-11,14H,12-13H2,1-3H3,(H,21,25)(H,23,24). The lowest BCUT2D eigenvalue weighted by atomic mass is 10.0. The number of carbonyl (C=O) groups excluding carboxylic acids is 1. The van der Waals surface area contributed by atoms with Gasteiger partial charge in [0.15, 0.2) is 0 Å². The molecule has 138 valence electrons. The number of nitrogens with one attached hydrogen (secondary N) is 1. The zero-order chi connectivity index (χ0) is 19.1. The SMILES string of the molecule is CC(C)c1ccccc1OCCN(C)C(=O)Nc1ccccc1C(=O)O. The van der Waals surface area contributed by atoms with Crippen LogP contribution in [0.1, 0.15) is 35.7 Å². The third kappa shape index (κ3) is 4.99. The summed E-state index contributed by atoms with van der Waals surface area (Å²) in [7, 11) is 1.64. The van der Waals surface area contributed by atoms with E-state index in [2.05, 4.69) is 19.2 Å². The quantitative estimate of drug-likeness (QED) is 0.784. The summed E-state index contributed by atoms with van der Waals surface area (Å²) in [5, 5.41) is 11.8. The van der Waals surface area contributed by atoms with Gasteiger partial charge < -0.3 is 20.1 Å². The van der Waals surface area contributed by atoms with E-state index in [9.17, 15) is 14.7 Å². The van der Waals surface area contributed by atoms with Gasteiger partial charge in [0.2, 0.25) is 0 Å². The van der Waals surface area contributed by atoms with Gasteiger partial charge in [0, 0.05) is 7.05 Å². The molecule has 0 saturated heterocycles. The van der Waals surface area contributed by atoms with Crippen LogP contribution in [-0.2, 0) is 0 Å². The van der Waals surface area contributed by atoms with E-state index in [1.165, 1.54) is 11.0 Å². The number of benzene rings is 2. The van der Waals surface area contributed by atoms with E-state index in [1.807, 2.05) is 24.3 Å². The molecule has 26 heavy (non-hydrogen) atoms. The molecule has 0 aliphatic carbocycles. The first-order valence-electron chi connectivity index (χ1n) is 8.46. The van der Waals surface area contributed by atoms with Gasteiger partial charge in [-0.25, -0.2) is 9.59 Å². The van der Waals surface area contributed by atoms with Gasteiger partial charge in [0.25, 0.3) is 0 Å². The average Bonchev–Trinajstić information content (AvgIpc) is 2.62. The Labute approximate surface area is 153 Å². The van der Waals surface area contributed by atoms with E-state index in [1.54, 1.807) is 25.2 Å². The van der Waals surface area contributed by atoms with Crippen LogP contribution in [0.5, 0.6) is 5.75 Å². The van der Waals surface area contributed by atoms with E-state index in [0.717, 1.165) is 11.3 Å². The van der Waals surface area contributed by atoms with Crippen molar-refractivity contribution >= 4 is 17.7 Å². The highest BCUT2D eigenvalue weighted by Crippen LogP contribution is 2.25. The fourth-order valence-corrected chi connectivity index (χ4v) is 2.47. The Morgan fingerprint density at radius 1 is 1.12 bits per heavy atom. The van der Waals surface area contributed by atoms with E-state index >= 15 is 0 Å². The van der Waals surface area contributed by atoms with Gasteiger partial charge in [0.05, 0.1) is 17.8 Å². The Hall–Kier alpha value is -3.02. The summed E-state index contributed by atoms with van der Waals surface area (Å²) >= 11 is 0. The lowest BCUT2D eigenvalue weighted by molar-refractivity contribution is 0.0698. The zero-order valence-electron chi connectivity index (χ0n) is 15.2. The monoisotopic (exact) mass is 356 g/mol. The molecule has 6 heteroatoms. The van der Waals surface area contributed by atoms with Crippen LogP contribution in [0.4, 0.5) is 10.5 Å². The van der Waals surface area contributed by atoms with Crippen molar-refractivity contribution in [1.29, 1.82) is 0 Å². The summed E-state index contributed by atoms with van der Waals surface area (Å²) < 4.78 is 5.82. The Balaban J connectivity index is 1.92. The van der Waals surface area contributed by atoms with Crippen molar-refractivity contribution in [3.05, 3.63) is 59.7 Å². The summed E-state index contributed by atoms with van der Waals surface area (Å²) in [5.74, 6) is 0.0736. The van der Waals surface area contributed by atoms with Crippen LogP contribution in [0.15, 0.2) is 48.5 Å². The topological polar surface area (TPSA) is 78.9 Å². The zero-order valence-corrected chi connectivity index (χ0v) is 15.2. The van der Waals surface area contributed by atoms with Crippen molar-refractivity contribution in [1.82, 2.24) is 4.90 Å². The normalized spacial score (nSPS) is 10.5. The maximum absolute atomic E-state index is 12.3. The predicted octanol–water partition coefficient (Wildman–Crippen LogP) is 4.05. The number of urea groups is 1. The number of amides is 2. The molecule has 0 aliphatic heterocycles. The lowest BCUT2D eigenvalue weighted by Gasteiger charge is -2.20. The molecule has 2 aromatic rings. The minimum Gasteiger partial charge on any atom is -0.491 e. The highest BCUT2D eigenvalue weighted by atomic mass is 16.5. The number of hydrogen-bond acceptors (Lipinski definition) is 3. The Bertz CT molecular complexity index is 774. The predicted molar refractivity (Wildman–Crippen MR) is 101 cm³/mol. The molecule has 6 nitrogen and oxygen atoms in total. The molecule has 0 radical (unpaired) electrons. The maximum Gasteiger partial charge on any atom is 0.337 e. The fourth-order valence-electron chi connectivity index (χ4n) is 2.47. The molecule has 0 aliphatic rings. The van der Waals surface area contributed by atoms with Crippen molar-refractivity contribution in [3.8, 4) is 5.75 Å². The van der Waals surface area contributed by atoms with Crippen LogP contribution in [0.25, 0.3) is 0 Å². The molecular formula is C20H24N2O4. The van der Waals surface area contributed by atoms with Crippen LogP contribution in [0.3, 0.4) is 0 Å². The third-order valence-corrected chi connectivity index (χ3v) is 3.97. The molecule has 0 unspecified atom stereocenters. The number of carboxylic acids is 1. The molecule has 0 bridgehead atoms. The first kappa shape index (κ1) is 19.3. The van der Waals surface area contributed by atoms with E-state index in [4.69, 9.17) is 4.74 Å². The summed E-state index contributed by atoms with van der Waals surface area (Å²) in [6, 6.07) is 13.7. The molecular weight excluding hydrogens is 332 g/mol. The number of ether oxygens (including phenoxy) is 1. The van der Waals surface area contributed by atoms with E-state index < -0.39 is 5.97 Å². The molecule has 2 aromatic carbocycles. The van der Waals surface area contributed by atoms with Crippen molar-refractivity contribution in [2.45, 2.75) is 19.8 Å². The molecule has 0 spiro atoms. The van der Waals surface area contributed by atoms with Crippen LogP contribution in [-0.4, -0.2) is 42.2 Å². The Morgan fingerprint density at radius 3 is 2.46 bits per heavy atom. The van der Waals surface area contributed by atoms with Gasteiger partial charge in [0.1, 0.15) is 12.4 Å². The molecule has 2 rings (SSSR count). The van der Waals surface area contributed by atoms with Crippen LogP contribution in [0.2, 0.25) is 0 Å². The fraction of sp³-hybridized carbons (Fsp3) is 0.300. The number of hydrogen-bond donors (Lipinski definition) is 2. The van der Waals surface area contributed by atoms with Crippen LogP contribution < -0.4 is 10.1 Å². The minimum absolute atomic E-state index is 0.0522. The molecule has 2 N–H and O–H groups in total. The number of aromatic carboxylic acids is 1. The van der Waals surface area contributed by atoms with Gasteiger partial charge in [-0.2, -0.15) is 0 Å². The Morgan fingerprint density at radius 2 is 1.77 bits per heavy atom. The number of likely N-dealkylation sites (N-methyl/N-ethyl adjacent to an activating group) is 1. The van der Waals surface area contributed by atoms with E-state index in [0.29, 0.717) is 19.1 Å². The van der Waals surface area contributed by atoms with Gasteiger partial charge in [-0.3, -0.25) is 0 Å². The van der Waals surface area contributed by atoms with Crippen molar-refractivity contribution in [2.75, 3.05) is 25.5 Å². The second kappa shape index (κ2) is 8.89. The molecule has 0 saturated carbocycles. The van der Waals surface area contributed by atoms with E-state index in [-0.39, 0.29) is 17.3 Å². The lowest BCUT2D eigenvalue weighted by Crippen LogP contribution is -2.35. The largest absolute Gasteiger partial charge is 0.491 e. The summed E-state index contributed by atoms with van der Waals surface area (Å²) in [6.45, 7) is 4.91. The summed E-state index contributed by atoms with van der Waals surface area (Å²) in [6.07, 6.45) is 0. The second-order valence-corrected chi connectivity index (χ2v) is 6.24. The number of nitrogens with zero attached hydrogens (tertiary/aromatic N) is 1. The number of rotatable bonds is 7. The summed E-state index contributed by atoms with van der Waals surface area (Å²) in [5.41, 5.74) is 1.44. The van der Waals surface area contributed by atoms with Crippen LogP contribution in [0, 0.1) is 0 Å². The first-order chi connectivity index (χ1) is 12.4. The minimum atomic E-state index is -1.09. The molecule has 0 atom stereocenters. The van der Waals surface area contributed by atoms with Crippen molar-refractivity contribution in [2.24, 2.45) is 0 Å². The molecule has 2 amide bonds. The first-order valence-corrected chi connectivity index (χ1v) is 8.46. The number of carbonyl (C=O) groups is 2.